The number of amides is 1. The number of fused-ring (bicyclic) bond motifs is 1. The maximum atomic E-state index is 12.1. The number of hydrogen-bond donors (Lipinski definition) is 1. The van der Waals surface area contributed by atoms with Crippen molar-refractivity contribution in [3.63, 3.8) is 0 Å². The van der Waals surface area contributed by atoms with E-state index in [1.165, 1.54) is 4.70 Å². The Kier molecular flexibility index (Phi) is 6.35. The number of nitrogens with one attached hydrogen (secondary N) is 1. The van der Waals surface area contributed by atoms with Crippen LogP contribution in [-0.4, -0.2) is 30.9 Å². The number of methoxy groups -OCH3 is 2. The molecule has 0 aliphatic heterocycles. The number of para-hydroxylation sites is 1. The number of carbonyl (C=O) groups is 1. The first-order chi connectivity index (χ1) is 12.7. The maximum Gasteiger partial charge on any atom is 0.230 e. The number of aromatic nitrogens is 1. The Balaban J connectivity index is 1.45. The van der Waals surface area contributed by atoms with E-state index < -0.39 is 0 Å². The second-order valence-corrected chi connectivity index (χ2v) is 7.63. The zero-order valence-corrected chi connectivity index (χ0v) is 16.3. The van der Waals surface area contributed by atoms with E-state index in [-0.39, 0.29) is 5.91 Å². The highest BCUT2D eigenvalue weighted by Crippen LogP contribution is 2.27. The standard InChI is InChI=1S/C19H20N2O3S2/c1-23-15-8-7-13(9-16(15)24-2)10-20-18(22)11-25-12-19-21-14-5-3-4-6-17(14)26-19/h3-9H,10-12H2,1-2H3,(H,20,22). The van der Waals surface area contributed by atoms with Gasteiger partial charge in [0.05, 0.1) is 30.2 Å². The normalized spacial score (nSPS) is 10.7. The lowest BCUT2D eigenvalue weighted by molar-refractivity contribution is -0.118. The minimum atomic E-state index is 0.00546. The first-order valence-electron chi connectivity index (χ1n) is 8.09. The Labute approximate surface area is 160 Å². The molecular weight excluding hydrogens is 368 g/mol. The quantitative estimate of drug-likeness (QED) is 0.635. The lowest BCUT2D eigenvalue weighted by atomic mass is 10.2. The summed E-state index contributed by atoms with van der Waals surface area (Å²) in [6.07, 6.45) is 0. The lowest BCUT2D eigenvalue weighted by Crippen LogP contribution is -2.24. The molecule has 1 aromatic heterocycles. The summed E-state index contributed by atoms with van der Waals surface area (Å²) in [6.45, 7) is 0.459. The Morgan fingerprint density at radius 3 is 2.73 bits per heavy atom. The Morgan fingerprint density at radius 2 is 1.96 bits per heavy atom. The van der Waals surface area contributed by atoms with Gasteiger partial charge in [-0.2, -0.15) is 0 Å². The van der Waals surface area contributed by atoms with E-state index in [4.69, 9.17) is 9.47 Å². The third-order valence-corrected chi connectivity index (χ3v) is 5.90. The first-order valence-corrected chi connectivity index (χ1v) is 10.1. The van der Waals surface area contributed by atoms with Crippen molar-refractivity contribution >= 4 is 39.2 Å². The average Bonchev–Trinajstić information content (AvgIpc) is 3.08. The number of benzene rings is 2. The number of nitrogens with zero attached hydrogens (tertiary/aromatic N) is 1. The second-order valence-electron chi connectivity index (χ2n) is 5.53. The van der Waals surface area contributed by atoms with Crippen molar-refractivity contribution in [1.29, 1.82) is 0 Å². The van der Waals surface area contributed by atoms with Crippen LogP contribution in [0.25, 0.3) is 10.2 Å². The molecule has 0 bridgehead atoms. The van der Waals surface area contributed by atoms with E-state index in [1.54, 1.807) is 37.3 Å². The predicted octanol–water partition coefficient (Wildman–Crippen LogP) is 3.86. The third-order valence-electron chi connectivity index (χ3n) is 3.73. The van der Waals surface area contributed by atoms with Gasteiger partial charge in [-0.05, 0) is 29.8 Å². The molecule has 1 heterocycles. The van der Waals surface area contributed by atoms with Crippen molar-refractivity contribution in [3.05, 3.63) is 53.0 Å². The van der Waals surface area contributed by atoms with Crippen LogP contribution in [0.2, 0.25) is 0 Å². The third kappa shape index (κ3) is 4.68. The molecule has 3 aromatic rings. The van der Waals surface area contributed by atoms with Crippen LogP contribution in [0, 0.1) is 0 Å². The van der Waals surface area contributed by atoms with Gasteiger partial charge in [0, 0.05) is 12.3 Å². The molecule has 0 fully saturated rings. The highest BCUT2D eigenvalue weighted by Gasteiger charge is 2.08. The van der Waals surface area contributed by atoms with Gasteiger partial charge in [-0.15, -0.1) is 23.1 Å². The van der Waals surface area contributed by atoms with Crippen molar-refractivity contribution in [2.24, 2.45) is 0 Å². The maximum absolute atomic E-state index is 12.1. The van der Waals surface area contributed by atoms with E-state index >= 15 is 0 Å². The van der Waals surface area contributed by atoms with Gasteiger partial charge in [0.2, 0.25) is 5.91 Å². The zero-order valence-electron chi connectivity index (χ0n) is 14.7. The molecule has 26 heavy (non-hydrogen) atoms. The van der Waals surface area contributed by atoms with Gasteiger partial charge in [0.15, 0.2) is 11.5 Å². The summed E-state index contributed by atoms with van der Waals surface area (Å²) in [7, 11) is 3.20. The van der Waals surface area contributed by atoms with Crippen LogP contribution >= 0.6 is 23.1 Å². The molecule has 1 amide bonds. The summed E-state index contributed by atoms with van der Waals surface area (Å²) in [4.78, 5) is 16.6. The van der Waals surface area contributed by atoms with Crippen molar-refractivity contribution in [3.8, 4) is 11.5 Å². The molecule has 0 unspecified atom stereocenters. The fraction of sp³-hybridized carbons (Fsp3) is 0.263. The number of thioether (sulfide) groups is 1. The highest BCUT2D eigenvalue weighted by atomic mass is 32.2. The number of rotatable bonds is 8. The molecule has 3 rings (SSSR count). The number of carbonyl (C=O) groups excluding carboxylic acids is 1. The molecule has 136 valence electrons. The molecule has 7 heteroatoms. The molecule has 0 aliphatic rings. The van der Waals surface area contributed by atoms with Gasteiger partial charge < -0.3 is 14.8 Å². The SMILES string of the molecule is COc1ccc(CNC(=O)CSCc2nc3ccccc3s2)cc1OC. The topological polar surface area (TPSA) is 60.5 Å². The molecule has 0 atom stereocenters. The lowest BCUT2D eigenvalue weighted by Gasteiger charge is -2.10. The largest absolute Gasteiger partial charge is 0.493 e. The summed E-state index contributed by atoms with van der Waals surface area (Å²) in [6, 6.07) is 13.7. The minimum absolute atomic E-state index is 0.00546. The second kappa shape index (κ2) is 8.91. The summed E-state index contributed by atoms with van der Waals surface area (Å²) in [5.74, 6) is 2.48. The monoisotopic (exact) mass is 388 g/mol. The molecule has 0 aliphatic carbocycles. The van der Waals surface area contributed by atoms with Gasteiger partial charge in [-0.1, -0.05) is 18.2 Å². The van der Waals surface area contributed by atoms with E-state index in [2.05, 4.69) is 16.4 Å². The summed E-state index contributed by atoms with van der Waals surface area (Å²) >= 11 is 3.25. The van der Waals surface area contributed by atoms with Gasteiger partial charge in [-0.3, -0.25) is 4.79 Å². The number of hydrogen-bond acceptors (Lipinski definition) is 6. The van der Waals surface area contributed by atoms with Crippen LogP contribution in [0.5, 0.6) is 11.5 Å². The molecule has 0 spiro atoms. The van der Waals surface area contributed by atoms with E-state index in [0.717, 1.165) is 21.8 Å². The first kappa shape index (κ1) is 18.5. The fourth-order valence-corrected chi connectivity index (χ4v) is 4.33. The van der Waals surface area contributed by atoms with Gasteiger partial charge in [0.25, 0.3) is 0 Å². The van der Waals surface area contributed by atoms with Crippen molar-refractivity contribution in [2.75, 3.05) is 20.0 Å². The van der Waals surface area contributed by atoms with Crippen LogP contribution in [0.4, 0.5) is 0 Å². The van der Waals surface area contributed by atoms with E-state index in [9.17, 15) is 4.79 Å². The molecule has 0 saturated heterocycles. The Bertz CT molecular complexity index is 862. The molecule has 5 nitrogen and oxygen atoms in total. The van der Waals surface area contributed by atoms with Gasteiger partial charge in [-0.25, -0.2) is 4.98 Å². The molecule has 0 radical (unpaired) electrons. The number of ether oxygens (including phenoxy) is 2. The zero-order chi connectivity index (χ0) is 18.4. The van der Waals surface area contributed by atoms with Crippen LogP contribution in [0.3, 0.4) is 0 Å². The van der Waals surface area contributed by atoms with Crippen molar-refractivity contribution in [1.82, 2.24) is 10.3 Å². The van der Waals surface area contributed by atoms with Crippen LogP contribution in [0.1, 0.15) is 10.6 Å². The smallest absolute Gasteiger partial charge is 0.230 e. The average molecular weight is 389 g/mol. The van der Waals surface area contributed by atoms with Crippen LogP contribution in [-0.2, 0) is 17.1 Å². The summed E-state index contributed by atoms with van der Waals surface area (Å²) in [5, 5.41) is 3.97. The summed E-state index contributed by atoms with van der Waals surface area (Å²) in [5.41, 5.74) is 1.98. The summed E-state index contributed by atoms with van der Waals surface area (Å²) < 4.78 is 11.7. The van der Waals surface area contributed by atoms with Crippen LogP contribution in [0.15, 0.2) is 42.5 Å². The highest BCUT2D eigenvalue weighted by molar-refractivity contribution is 7.99. The molecule has 0 saturated carbocycles. The van der Waals surface area contributed by atoms with E-state index in [1.807, 2.05) is 36.4 Å². The van der Waals surface area contributed by atoms with Gasteiger partial charge in [0.1, 0.15) is 5.01 Å². The number of thiazole rings is 1. The Morgan fingerprint density at radius 1 is 1.15 bits per heavy atom. The van der Waals surface area contributed by atoms with Crippen molar-refractivity contribution < 1.29 is 14.3 Å². The predicted molar refractivity (Wildman–Crippen MR) is 107 cm³/mol. The van der Waals surface area contributed by atoms with Crippen LogP contribution < -0.4 is 14.8 Å². The fourth-order valence-electron chi connectivity index (χ4n) is 2.45. The van der Waals surface area contributed by atoms with Crippen molar-refractivity contribution in [2.45, 2.75) is 12.3 Å². The molecule has 1 N–H and O–H groups in total. The van der Waals surface area contributed by atoms with E-state index in [0.29, 0.717) is 23.8 Å². The molecular formula is C19H20N2O3S2. The Hall–Kier alpha value is -2.25. The minimum Gasteiger partial charge on any atom is -0.493 e. The van der Waals surface area contributed by atoms with Gasteiger partial charge >= 0.3 is 0 Å². The molecule has 2 aromatic carbocycles.